The Balaban J connectivity index is 1.53. The van der Waals surface area contributed by atoms with Gasteiger partial charge in [0, 0.05) is 23.9 Å². The van der Waals surface area contributed by atoms with Crippen molar-refractivity contribution in [3.8, 4) is 5.75 Å². The molecule has 0 amide bonds. The van der Waals surface area contributed by atoms with Crippen LogP contribution in [0.25, 0.3) is 16.7 Å². The average Bonchev–Trinajstić information content (AvgIpc) is 3.33. The molecule has 3 heterocycles. The summed E-state index contributed by atoms with van der Waals surface area (Å²) in [7, 11) is 3.84. The summed E-state index contributed by atoms with van der Waals surface area (Å²) in [5, 5.41) is 5.13. The standard InChI is InChI=1S/C24H28N6O2/c1-28(19-6-4-3-5-7-19)14-18-12-21-22(25-13-18)29(24(31)30-23(21)26-16-27-30)15-17-8-10-20(32-2)11-9-17/h8-13,16,19H,3-7,14-15H2,1-2H3/p+1. The molecule has 1 N–H and O–H groups in total. The maximum absolute atomic E-state index is 13.2. The van der Waals surface area contributed by atoms with E-state index in [0.29, 0.717) is 23.9 Å². The summed E-state index contributed by atoms with van der Waals surface area (Å²) >= 11 is 0. The largest absolute Gasteiger partial charge is 0.497 e. The Hall–Kier alpha value is -3.26. The number of aromatic nitrogens is 5. The molecule has 0 radical (unpaired) electrons. The van der Waals surface area contributed by atoms with E-state index < -0.39 is 0 Å². The maximum Gasteiger partial charge on any atom is 0.425 e. The fraction of sp³-hybridized carbons (Fsp3) is 0.417. The Morgan fingerprint density at radius 3 is 2.69 bits per heavy atom. The highest BCUT2D eigenvalue weighted by Crippen LogP contribution is 2.24. The van der Waals surface area contributed by atoms with E-state index in [1.54, 1.807) is 18.0 Å². The van der Waals surface area contributed by atoms with E-state index in [2.05, 4.69) is 28.1 Å². The highest BCUT2D eigenvalue weighted by atomic mass is 16.5. The summed E-state index contributed by atoms with van der Waals surface area (Å²) in [6.45, 7) is 1.25. The smallest absolute Gasteiger partial charge is 0.425 e. The Morgan fingerprint density at radius 1 is 1.16 bits per heavy atom. The van der Waals surface area contributed by atoms with Crippen LogP contribution in [0.1, 0.15) is 43.2 Å². The van der Waals surface area contributed by atoms with Gasteiger partial charge in [-0.2, -0.15) is 0 Å². The van der Waals surface area contributed by atoms with Gasteiger partial charge in [-0.05, 0) is 53.7 Å². The van der Waals surface area contributed by atoms with Crippen molar-refractivity contribution in [2.75, 3.05) is 14.2 Å². The lowest BCUT2D eigenvalue weighted by atomic mass is 9.94. The Bertz CT molecular complexity index is 1290. The van der Waals surface area contributed by atoms with E-state index in [4.69, 9.17) is 9.72 Å². The number of nitrogens with one attached hydrogen (secondary N) is 1. The number of H-pyrrole nitrogens is 1. The van der Waals surface area contributed by atoms with Crippen molar-refractivity contribution in [3.05, 3.63) is 64.5 Å². The number of hydrogen-bond acceptors (Lipinski definition) is 5. The molecule has 4 aromatic rings. The Kier molecular flexibility index (Phi) is 5.61. The molecule has 1 aliphatic rings. The second-order valence-electron chi connectivity index (χ2n) is 8.69. The summed E-state index contributed by atoms with van der Waals surface area (Å²) in [6, 6.07) is 10.5. The van der Waals surface area contributed by atoms with Gasteiger partial charge in [0.2, 0.25) is 0 Å². The second kappa shape index (κ2) is 8.70. The van der Waals surface area contributed by atoms with Gasteiger partial charge in [0.25, 0.3) is 12.0 Å². The molecule has 0 aliphatic heterocycles. The Labute approximate surface area is 186 Å². The molecule has 3 aromatic heterocycles. The molecule has 0 atom stereocenters. The molecule has 1 aliphatic carbocycles. The summed E-state index contributed by atoms with van der Waals surface area (Å²) < 4.78 is 8.35. The first-order chi connectivity index (χ1) is 15.6. The van der Waals surface area contributed by atoms with Gasteiger partial charge in [-0.15, -0.1) is 0 Å². The molecular weight excluding hydrogens is 404 g/mol. The van der Waals surface area contributed by atoms with Crippen LogP contribution in [0.5, 0.6) is 5.75 Å². The van der Waals surface area contributed by atoms with Gasteiger partial charge in [0.1, 0.15) is 5.75 Å². The first-order valence-electron chi connectivity index (χ1n) is 11.2. The molecule has 8 nitrogen and oxygen atoms in total. The van der Waals surface area contributed by atoms with Crippen molar-refractivity contribution in [1.82, 2.24) is 24.1 Å². The van der Waals surface area contributed by atoms with Crippen LogP contribution in [0.3, 0.4) is 0 Å². The van der Waals surface area contributed by atoms with E-state index in [1.807, 2.05) is 30.5 Å². The SMILES string of the molecule is COc1ccc(Cn2c(=O)n3nc[nH+]c3c3cc(CN(C)C4CCCCC4)cnc32)cc1. The molecule has 1 aromatic carbocycles. The minimum atomic E-state index is -0.218. The number of aromatic amines is 1. The zero-order valence-corrected chi connectivity index (χ0v) is 18.6. The van der Waals surface area contributed by atoms with Gasteiger partial charge >= 0.3 is 5.69 Å². The molecule has 0 saturated heterocycles. The molecule has 0 unspecified atom stereocenters. The van der Waals surface area contributed by atoms with Gasteiger partial charge in [-0.25, -0.2) is 14.8 Å². The molecule has 0 spiro atoms. The fourth-order valence-corrected chi connectivity index (χ4v) is 4.78. The third kappa shape index (κ3) is 3.86. The summed E-state index contributed by atoms with van der Waals surface area (Å²) in [6.07, 6.45) is 9.96. The van der Waals surface area contributed by atoms with Crippen LogP contribution in [0.15, 0.2) is 47.7 Å². The van der Waals surface area contributed by atoms with E-state index in [-0.39, 0.29) is 5.69 Å². The average molecular weight is 434 g/mol. The molecule has 1 saturated carbocycles. The van der Waals surface area contributed by atoms with Crippen LogP contribution in [0, 0.1) is 0 Å². The van der Waals surface area contributed by atoms with Crippen LogP contribution < -0.4 is 15.4 Å². The quantitative estimate of drug-likeness (QED) is 0.467. The Morgan fingerprint density at radius 2 is 1.94 bits per heavy atom. The number of rotatable bonds is 6. The van der Waals surface area contributed by atoms with Crippen molar-refractivity contribution in [2.45, 2.75) is 51.2 Å². The summed E-state index contributed by atoms with van der Waals surface area (Å²) in [4.78, 5) is 23.5. The van der Waals surface area contributed by atoms with Gasteiger partial charge < -0.3 is 4.74 Å². The third-order valence-electron chi connectivity index (χ3n) is 6.56. The van der Waals surface area contributed by atoms with Crippen LogP contribution in [0.2, 0.25) is 0 Å². The molecule has 0 bridgehead atoms. The van der Waals surface area contributed by atoms with E-state index in [0.717, 1.165) is 28.8 Å². The maximum atomic E-state index is 13.2. The van der Waals surface area contributed by atoms with Crippen LogP contribution >= 0.6 is 0 Å². The highest BCUT2D eigenvalue weighted by molar-refractivity contribution is 5.87. The van der Waals surface area contributed by atoms with Crippen molar-refractivity contribution in [1.29, 1.82) is 0 Å². The number of pyridine rings is 1. The van der Waals surface area contributed by atoms with Crippen molar-refractivity contribution in [3.63, 3.8) is 0 Å². The molecule has 5 rings (SSSR count). The van der Waals surface area contributed by atoms with Crippen LogP contribution in [-0.2, 0) is 13.1 Å². The van der Waals surface area contributed by atoms with Gasteiger partial charge in [0.15, 0.2) is 5.65 Å². The number of methoxy groups -OCH3 is 1. The van der Waals surface area contributed by atoms with E-state index >= 15 is 0 Å². The van der Waals surface area contributed by atoms with E-state index in [9.17, 15) is 4.79 Å². The number of ether oxygens (including phenoxy) is 1. The lowest BCUT2D eigenvalue weighted by molar-refractivity contribution is -0.345. The van der Waals surface area contributed by atoms with Crippen LogP contribution in [0.4, 0.5) is 0 Å². The normalized spacial score (nSPS) is 15.1. The molecule has 8 heteroatoms. The predicted octanol–water partition coefficient (Wildman–Crippen LogP) is 2.68. The van der Waals surface area contributed by atoms with Crippen molar-refractivity contribution < 1.29 is 9.72 Å². The number of benzene rings is 1. The van der Waals surface area contributed by atoms with Crippen molar-refractivity contribution in [2.24, 2.45) is 0 Å². The van der Waals surface area contributed by atoms with Crippen LogP contribution in [-0.4, -0.2) is 44.3 Å². The third-order valence-corrected chi connectivity index (χ3v) is 6.56. The molecule has 32 heavy (non-hydrogen) atoms. The predicted molar refractivity (Wildman–Crippen MR) is 122 cm³/mol. The second-order valence-corrected chi connectivity index (χ2v) is 8.69. The lowest BCUT2D eigenvalue weighted by Crippen LogP contribution is -2.33. The zero-order valence-electron chi connectivity index (χ0n) is 18.6. The zero-order chi connectivity index (χ0) is 22.1. The van der Waals surface area contributed by atoms with Gasteiger partial charge in [0.05, 0.1) is 19.0 Å². The molecular formula is C24H29N6O2+. The topological polar surface area (TPSA) is 78.8 Å². The minimum absolute atomic E-state index is 0.218. The number of hydrogen-bond donors (Lipinski definition) is 0. The fourth-order valence-electron chi connectivity index (χ4n) is 4.78. The molecule has 166 valence electrons. The molecule has 1 fully saturated rings. The van der Waals surface area contributed by atoms with E-state index in [1.165, 1.54) is 36.6 Å². The number of fused-ring (bicyclic) bond motifs is 3. The van der Waals surface area contributed by atoms with Crippen molar-refractivity contribution >= 4 is 16.7 Å². The lowest BCUT2D eigenvalue weighted by Gasteiger charge is -2.31. The highest BCUT2D eigenvalue weighted by Gasteiger charge is 2.21. The summed E-state index contributed by atoms with van der Waals surface area (Å²) in [5.41, 5.74) is 3.23. The first kappa shape index (κ1) is 20.6. The van der Waals surface area contributed by atoms with Gasteiger partial charge in [-0.1, -0.05) is 31.4 Å². The first-order valence-corrected chi connectivity index (χ1v) is 11.2. The number of nitrogens with zero attached hydrogens (tertiary/aromatic N) is 5. The monoisotopic (exact) mass is 433 g/mol. The van der Waals surface area contributed by atoms with Gasteiger partial charge in [-0.3, -0.25) is 9.47 Å². The summed E-state index contributed by atoms with van der Waals surface area (Å²) in [5.74, 6) is 0.785. The minimum Gasteiger partial charge on any atom is -0.497 e.